The monoisotopic (exact) mass is 202 g/mol. The number of rotatable bonds is 6. The maximum Gasteiger partial charge on any atom is 0.337 e. The van der Waals surface area contributed by atoms with Crippen molar-refractivity contribution in [1.29, 1.82) is 0 Å². The molecule has 0 aromatic heterocycles. The zero-order chi connectivity index (χ0) is 11.2. The first-order valence-electron chi connectivity index (χ1n) is 5.29. The number of unbranched alkanes of at least 4 members (excludes halogenated alkanes) is 1. The molecule has 84 valence electrons. The summed E-state index contributed by atoms with van der Waals surface area (Å²) in [5.74, 6) is -0.194. The summed E-state index contributed by atoms with van der Waals surface area (Å²) >= 11 is 0. The van der Waals surface area contributed by atoms with Gasteiger partial charge in [0, 0.05) is 0 Å². The van der Waals surface area contributed by atoms with E-state index in [0.717, 1.165) is 12.8 Å². The van der Waals surface area contributed by atoms with Crippen LogP contribution in [-0.2, 0) is 9.53 Å². The highest BCUT2D eigenvalue weighted by Gasteiger charge is 2.31. The Labute approximate surface area is 86.5 Å². The van der Waals surface area contributed by atoms with E-state index in [2.05, 4.69) is 0 Å². The van der Waals surface area contributed by atoms with E-state index in [4.69, 9.17) is 4.74 Å². The minimum absolute atomic E-state index is 0.306. The Morgan fingerprint density at radius 2 is 2.07 bits per heavy atom. The molecule has 0 rings (SSSR count). The third-order valence-corrected chi connectivity index (χ3v) is 2.00. The standard InChI is InChI=1S/C11H22O3/c1-5-6-7-11(4,13)10(12)14-8-9(2)3/h9,13H,5-8H2,1-4H3. The van der Waals surface area contributed by atoms with Gasteiger partial charge >= 0.3 is 5.97 Å². The Bertz CT molecular complexity index is 173. The Hall–Kier alpha value is -0.570. The van der Waals surface area contributed by atoms with E-state index in [1.807, 2.05) is 20.8 Å². The van der Waals surface area contributed by atoms with Gasteiger partial charge in [0.05, 0.1) is 6.61 Å². The summed E-state index contributed by atoms with van der Waals surface area (Å²) in [5, 5.41) is 9.75. The zero-order valence-electron chi connectivity index (χ0n) is 9.67. The van der Waals surface area contributed by atoms with Crippen LogP contribution in [0.1, 0.15) is 47.0 Å². The molecule has 0 aliphatic rings. The van der Waals surface area contributed by atoms with Gasteiger partial charge in [-0.3, -0.25) is 0 Å². The van der Waals surface area contributed by atoms with Crippen LogP contribution in [0.25, 0.3) is 0 Å². The minimum atomic E-state index is -1.31. The van der Waals surface area contributed by atoms with Gasteiger partial charge in [-0.15, -0.1) is 0 Å². The molecule has 0 saturated heterocycles. The van der Waals surface area contributed by atoms with Gasteiger partial charge in [-0.25, -0.2) is 4.79 Å². The summed E-state index contributed by atoms with van der Waals surface area (Å²) in [4.78, 5) is 11.4. The van der Waals surface area contributed by atoms with Crippen molar-refractivity contribution in [2.75, 3.05) is 6.61 Å². The number of hydrogen-bond donors (Lipinski definition) is 1. The Morgan fingerprint density at radius 3 is 2.50 bits per heavy atom. The van der Waals surface area contributed by atoms with Crippen LogP contribution >= 0.6 is 0 Å². The third-order valence-electron chi connectivity index (χ3n) is 2.00. The van der Waals surface area contributed by atoms with Crippen molar-refractivity contribution in [1.82, 2.24) is 0 Å². The number of aliphatic hydroxyl groups is 1. The van der Waals surface area contributed by atoms with E-state index >= 15 is 0 Å². The van der Waals surface area contributed by atoms with Crippen molar-refractivity contribution in [3.63, 3.8) is 0 Å². The fourth-order valence-electron chi connectivity index (χ4n) is 1.02. The molecule has 0 saturated carbocycles. The molecule has 3 heteroatoms. The van der Waals surface area contributed by atoms with Crippen LogP contribution in [0.3, 0.4) is 0 Å². The molecule has 0 fully saturated rings. The van der Waals surface area contributed by atoms with Crippen LogP contribution in [0, 0.1) is 5.92 Å². The molecule has 14 heavy (non-hydrogen) atoms. The van der Waals surface area contributed by atoms with Gasteiger partial charge in [0.1, 0.15) is 0 Å². The zero-order valence-corrected chi connectivity index (χ0v) is 9.67. The molecule has 0 radical (unpaired) electrons. The number of carbonyl (C=O) groups excluding carboxylic acids is 1. The summed E-state index contributed by atoms with van der Waals surface area (Å²) < 4.78 is 4.98. The van der Waals surface area contributed by atoms with Gasteiger partial charge in [-0.1, -0.05) is 33.6 Å². The van der Waals surface area contributed by atoms with Crippen molar-refractivity contribution in [3.8, 4) is 0 Å². The summed E-state index contributed by atoms with van der Waals surface area (Å²) in [7, 11) is 0. The minimum Gasteiger partial charge on any atom is -0.463 e. The molecular formula is C11H22O3. The van der Waals surface area contributed by atoms with Crippen LogP contribution in [0.2, 0.25) is 0 Å². The number of carbonyl (C=O) groups is 1. The number of ether oxygens (including phenoxy) is 1. The molecule has 0 aromatic rings. The second kappa shape index (κ2) is 6.02. The molecule has 1 atom stereocenters. The second-order valence-corrected chi connectivity index (χ2v) is 4.37. The van der Waals surface area contributed by atoms with Crippen LogP contribution in [0.5, 0.6) is 0 Å². The first kappa shape index (κ1) is 13.4. The third kappa shape index (κ3) is 5.22. The first-order chi connectivity index (χ1) is 6.40. The highest BCUT2D eigenvalue weighted by atomic mass is 16.5. The molecule has 1 N–H and O–H groups in total. The van der Waals surface area contributed by atoms with Gasteiger partial charge in [-0.05, 0) is 19.3 Å². The van der Waals surface area contributed by atoms with E-state index < -0.39 is 11.6 Å². The van der Waals surface area contributed by atoms with Gasteiger partial charge in [0.25, 0.3) is 0 Å². The predicted octanol–water partition coefficient (Wildman–Crippen LogP) is 2.13. The predicted molar refractivity (Wildman–Crippen MR) is 55.9 cm³/mol. The average Bonchev–Trinajstić information content (AvgIpc) is 2.10. The van der Waals surface area contributed by atoms with E-state index in [1.165, 1.54) is 6.92 Å². The van der Waals surface area contributed by atoms with Crippen LogP contribution < -0.4 is 0 Å². The lowest BCUT2D eigenvalue weighted by molar-refractivity contribution is -0.165. The highest BCUT2D eigenvalue weighted by molar-refractivity contribution is 5.78. The van der Waals surface area contributed by atoms with Crippen LogP contribution in [0.15, 0.2) is 0 Å². The number of esters is 1. The molecule has 3 nitrogen and oxygen atoms in total. The second-order valence-electron chi connectivity index (χ2n) is 4.37. The fourth-order valence-corrected chi connectivity index (χ4v) is 1.02. The molecule has 0 bridgehead atoms. The summed E-state index contributed by atoms with van der Waals surface area (Å²) in [6.07, 6.45) is 2.28. The fraction of sp³-hybridized carbons (Fsp3) is 0.909. The molecule has 0 aromatic carbocycles. The largest absolute Gasteiger partial charge is 0.463 e. The van der Waals surface area contributed by atoms with Gasteiger partial charge in [-0.2, -0.15) is 0 Å². The molecule has 0 spiro atoms. The van der Waals surface area contributed by atoms with E-state index in [9.17, 15) is 9.90 Å². The van der Waals surface area contributed by atoms with Crippen molar-refractivity contribution >= 4 is 5.97 Å². The maximum absolute atomic E-state index is 11.4. The Balaban J connectivity index is 3.94. The lowest BCUT2D eigenvalue weighted by Crippen LogP contribution is -2.37. The normalized spacial score (nSPS) is 15.3. The molecular weight excluding hydrogens is 180 g/mol. The quantitative estimate of drug-likeness (QED) is 0.671. The van der Waals surface area contributed by atoms with Gasteiger partial charge in [0.2, 0.25) is 0 Å². The average molecular weight is 202 g/mol. The summed E-state index contributed by atoms with van der Waals surface area (Å²) in [5.41, 5.74) is -1.31. The first-order valence-corrected chi connectivity index (χ1v) is 5.29. The Kier molecular flexibility index (Phi) is 5.77. The molecule has 0 aliphatic heterocycles. The number of hydrogen-bond acceptors (Lipinski definition) is 3. The molecule has 0 aliphatic carbocycles. The summed E-state index contributed by atoms with van der Waals surface area (Å²) in [6, 6.07) is 0. The van der Waals surface area contributed by atoms with Crippen LogP contribution in [-0.4, -0.2) is 23.3 Å². The van der Waals surface area contributed by atoms with Crippen molar-refractivity contribution in [2.24, 2.45) is 5.92 Å². The van der Waals surface area contributed by atoms with Crippen molar-refractivity contribution in [3.05, 3.63) is 0 Å². The lowest BCUT2D eigenvalue weighted by atomic mass is 9.99. The van der Waals surface area contributed by atoms with Crippen LogP contribution in [0.4, 0.5) is 0 Å². The highest BCUT2D eigenvalue weighted by Crippen LogP contribution is 2.15. The topological polar surface area (TPSA) is 46.5 Å². The smallest absolute Gasteiger partial charge is 0.337 e. The van der Waals surface area contributed by atoms with E-state index in [0.29, 0.717) is 18.9 Å². The maximum atomic E-state index is 11.4. The summed E-state index contributed by atoms with van der Waals surface area (Å²) in [6.45, 7) is 7.85. The molecule has 1 unspecified atom stereocenters. The van der Waals surface area contributed by atoms with Crippen molar-refractivity contribution in [2.45, 2.75) is 52.6 Å². The van der Waals surface area contributed by atoms with Gasteiger partial charge in [0.15, 0.2) is 5.60 Å². The molecule has 0 heterocycles. The lowest BCUT2D eigenvalue weighted by Gasteiger charge is -2.21. The SMILES string of the molecule is CCCCC(C)(O)C(=O)OCC(C)C. The molecule has 0 amide bonds. The Morgan fingerprint density at radius 1 is 1.50 bits per heavy atom. The van der Waals surface area contributed by atoms with E-state index in [-0.39, 0.29) is 0 Å². The van der Waals surface area contributed by atoms with E-state index in [1.54, 1.807) is 0 Å². The van der Waals surface area contributed by atoms with Crippen molar-refractivity contribution < 1.29 is 14.6 Å². The van der Waals surface area contributed by atoms with Gasteiger partial charge < -0.3 is 9.84 Å².